The molecule has 1 aromatic heterocycles. The van der Waals surface area contributed by atoms with Crippen molar-refractivity contribution in [3.05, 3.63) is 41.8 Å². The average Bonchev–Trinajstić information content (AvgIpc) is 3.33. The van der Waals surface area contributed by atoms with Crippen LogP contribution in [0.1, 0.15) is 28.9 Å². The highest BCUT2D eigenvalue weighted by molar-refractivity contribution is 5.94. The molecular formula is C16H17N3O4. The van der Waals surface area contributed by atoms with Gasteiger partial charge in [0.05, 0.1) is 7.11 Å². The smallest absolute Gasteiger partial charge is 0.302 e. The molecule has 1 saturated carbocycles. The van der Waals surface area contributed by atoms with Crippen LogP contribution in [-0.2, 0) is 11.3 Å². The SMILES string of the molecule is COc1ccccc1CNC(=O)c1coc(NC(=O)C2CC2)n1. The summed E-state index contributed by atoms with van der Waals surface area (Å²) in [6, 6.07) is 7.46. The third-order valence-corrected chi connectivity index (χ3v) is 3.55. The van der Waals surface area contributed by atoms with Crippen LogP contribution in [0.25, 0.3) is 0 Å². The zero-order valence-electron chi connectivity index (χ0n) is 12.7. The largest absolute Gasteiger partial charge is 0.496 e. The standard InChI is InChI=1S/C16H17N3O4/c1-22-13-5-3-2-4-11(13)8-17-15(21)12-9-23-16(18-12)19-14(20)10-6-7-10/h2-5,9-10H,6-8H2,1H3,(H,17,21)(H,18,19,20). The van der Waals surface area contributed by atoms with Gasteiger partial charge in [-0.1, -0.05) is 18.2 Å². The molecule has 0 bridgehead atoms. The minimum absolute atomic E-state index is 0.0457. The summed E-state index contributed by atoms with van der Waals surface area (Å²) in [5.41, 5.74) is 0.972. The molecule has 1 fully saturated rings. The van der Waals surface area contributed by atoms with Crippen molar-refractivity contribution < 1.29 is 18.7 Å². The molecular weight excluding hydrogens is 298 g/mol. The lowest BCUT2D eigenvalue weighted by molar-refractivity contribution is -0.117. The number of hydrogen-bond acceptors (Lipinski definition) is 5. The van der Waals surface area contributed by atoms with E-state index in [0.717, 1.165) is 18.4 Å². The van der Waals surface area contributed by atoms with Gasteiger partial charge in [0.15, 0.2) is 5.69 Å². The number of carbonyl (C=O) groups excluding carboxylic acids is 2. The quantitative estimate of drug-likeness (QED) is 0.850. The van der Waals surface area contributed by atoms with Gasteiger partial charge < -0.3 is 14.5 Å². The molecule has 0 aliphatic heterocycles. The summed E-state index contributed by atoms with van der Waals surface area (Å²) in [5.74, 6) is 0.245. The first-order valence-electron chi connectivity index (χ1n) is 7.34. The molecule has 120 valence electrons. The first-order valence-corrected chi connectivity index (χ1v) is 7.34. The molecule has 7 heteroatoms. The number of aromatic nitrogens is 1. The fraction of sp³-hybridized carbons (Fsp3) is 0.312. The Labute approximate surface area is 133 Å². The highest BCUT2D eigenvalue weighted by Crippen LogP contribution is 2.30. The Morgan fingerprint density at radius 2 is 2.13 bits per heavy atom. The summed E-state index contributed by atoms with van der Waals surface area (Å²) in [6.07, 6.45) is 3.00. The molecule has 0 saturated heterocycles. The van der Waals surface area contributed by atoms with Crippen molar-refractivity contribution in [2.45, 2.75) is 19.4 Å². The van der Waals surface area contributed by atoms with Crippen LogP contribution in [0.5, 0.6) is 5.75 Å². The maximum atomic E-state index is 12.1. The van der Waals surface area contributed by atoms with Crippen LogP contribution in [0.2, 0.25) is 0 Å². The number of amides is 2. The maximum Gasteiger partial charge on any atom is 0.302 e. The Balaban J connectivity index is 1.57. The number of nitrogens with one attached hydrogen (secondary N) is 2. The molecule has 1 aliphatic carbocycles. The minimum Gasteiger partial charge on any atom is -0.496 e. The normalized spacial score (nSPS) is 13.4. The lowest BCUT2D eigenvalue weighted by Crippen LogP contribution is -2.23. The van der Waals surface area contributed by atoms with Crippen molar-refractivity contribution in [3.63, 3.8) is 0 Å². The Kier molecular flexibility index (Phi) is 4.27. The number of para-hydroxylation sites is 1. The summed E-state index contributed by atoms with van der Waals surface area (Å²) in [5, 5.41) is 5.29. The third-order valence-electron chi connectivity index (χ3n) is 3.55. The van der Waals surface area contributed by atoms with Crippen molar-refractivity contribution in [2.24, 2.45) is 5.92 Å². The molecule has 7 nitrogen and oxygen atoms in total. The van der Waals surface area contributed by atoms with Crippen LogP contribution in [-0.4, -0.2) is 23.9 Å². The second-order valence-corrected chi connectivity index (χ2v) is 5.30. The second kappa shape index (κ2) is 6.51. The Bertz CT molecular complexity index is 722. The lowest BCUT2D eigenvalue weighted by Gasteiger charge is -2.08. The number of hydrogen-bond donors (Lipinski definition) is 2. The van der Waals surface area contributed by atoms with E-state index >= 15 is 0 Å². The number of ether oxygens (including phenoxy) is 1. The molecule has 3 rings (SSSR count). The number of oxazole rings is 1. The molecule has 0 radical (unpaired) electrons. The average molecular weight is 315 g/mol. The predicted octanol–water partition coefficient (Wildman–Crippen LogP) is 1.96. The van der Waals surface area contributed by atoms with Crippen molar-refractivity contribution >= 4 is 17.8 Å². The zero-order valence-corrected chi connectivity index (χ0v) is 12.7. The van der Waals surface area contributed by atoms with Gasteiger partial charge in [-0.05, 0) is 18.9 Å². The van der Waals surface area contributed by atoms with Gasteiger partial charge in [0, 0.05) is 18.0 Å². The van der Waals surface area contributed by atoms with Gasteiger partial charge in [-0.3, -0.25) is 14.9 Å². The zero-order chi connectivity index (χ0) is 16.2. The van der Waals surface area contributed by atoms with Gasteiger partial charge in [0.1, 0.15) is 12.0 Å². The molecule has 0 spiro atoms. The summed E-state index contributed by atoms with van der Waals surface area (Å²) in [4.78, 5) is 27.7. The third kappa shape index (κ3) is 3.68. The van der Waals surface area contributed by atoms with Crippen molar-refractivity contribution in [1.82, 2.24) is 10.3 Å². The fourth-order valence-electron chi connectivity index (χ4n) is 2.10. The predicted molar refractivity (Wildman–Crippen MR) is 82.0 cm³/mol. The van der Waals surface area contributed by atoms with Crippen LogP contribution >= 0.6 is 0 Å². The number of anilines is 1. The van der Waals surface area contributed by atoms with Crippen LogP contribution in [0, 0.1) is 5.92 Å². The van der Waals surface area contributed by atoms with Crippen LogP contribution < -0.4 is 15.4 Å². The highest BCUT2D eigenvalue weighted by Gasteiger charge is 2.30. The van der Waals surface area contributed by atoms with E-state index in [1.807, 2.05) is 24.3 Å². The Morgan fingerprint density at radius 3 is 2.87 bits per heavy atom. The molecule has 0 atom stereocenters. The van der Waals surface area contributed by atoms with Crippen LogP contribution in [0.4, 0.5) is 6.01 Å². The molecule has 1 aromatic carbocycles. The van der Waals surface area contributed by atoms with Gasteiger partial charge in [-0.25, -0.2) is 0 Å². The number of carbonyl (C=O) groups is 2. The Hall–Kier alpha value is -2.83. The summed E-state index contributed by atoms with van der Waals surface area (Å²) >= 11 is 0. The molecule has 2 aromatic rings. The van der Waals surface area contributed by atoms with Gasteiger partial charge >= 0.3 is 6.01 Å². The van der Waals surface area contributed by atoms with Crippen LogP contribution in [0.15, 0.2) is 34.9 Å². The van der Waals surface area contributed by atoms with E-state index in [1.54, 1.807) is 7.11 Å². The monoisotopic (exact) mass is 315 g/mol. The van der Waals surface area contributed by atoms with E-state index in [0.29, 0.717) is 12.3 Å². The van der Waals surface area contributed by atoms with Gasteiger partial charge in [0.2, 0.25) is 5.91 Å². The Morgan fingerprint density at radius 1 is 1.35 bits per heavy atom. The van der Waals surface area contributed by atoms with E-state index in [-0.39, 0.29) is 29.4 Å². The van der Waals surface area contributed by atoms with Crippen molar-refractivity contribution in [3.8, 4) is 5.75 Å². The van der Waals surface area contributed by atoms with Gasteiger partial charge in [-0.2, -0.15) is 4.98 Å². The highest BCUT2D eigenvalue weighted by atomic mass is 16.5. The first kappa shape index (κ1) is 15.1. The molecule has 1 aliphatic rings. The molecule has 23 heavy (non-hydrogen) atoms. The van der Waals surface area contributed by atoms with E-state index in [9.17, 15) is 9.59 Å². The van der Waals surface area contributed by atoms with Gasteiger partial charge in [-0.15, -0.1) is 0 Å². The molecule has 0 unspecified atom stereocenters. The van der Waals surface area contributed by atoms with Crippen molar-refractivity contribution in [2.75, 3.05) is 12.4 Å². The summed E-state index contributed by atoms with van der Waals surface area (Å²) in [6.45, 7) is 0.305. The maximum absolute atomic E-state index is 12.1. The summed E-state index contributed by atoms with van der Waals surface area (Å²) in [7, 11) is 1.58. The van der Waals surface area contributed by atoms with E-state index in [1.165, 1.54) is 6.26 Å². The van der Waals surface area contributed by atoms with Gasteiger partial charge in [0.25, 0.3) is 5.91 Å². The molecule has 1 heterocycles. The van der Waals surface area contributed by atoms with E-state index < -0.39 is 0 Å². The lowest BCUT2D eigenvalue weighted by atomic mass is 10.2. The number of benzene rings is 1. The van der Waals surface area contributed by atoms with E-state index in [2.05, 4.69) is 15.6 Å². The summed E-state index contributed by atoms with van der Waals surface area (Å²) < 4.78 is 10.3. The number of methoxy groups -OCH3 is 1. The van der Waals surface area contributed by atoms with Crippen molar-refractivity contribution in [1.29, 1.82) is 0 Å². The minimum atomic E-state index is -0.383. The van der Waals surface area contributed by atoms with Crippen LogP contribution in [0.3, 0.4) is 0 Å². The second-order valence-electron chi connectivity index (χ2n) is 5.30. The number of rotatable bonds is 6. The molecule has 2 amide bonds. The number of nitrogens with zero attached hydrogens (tertiary/aromatic N) is 1. The topological polar surface area (TPSA) is 93.5 Å². The first-order chi connectivity index (χ1) is 11.2. The fourth-order valence-corrected chi connectivity index (χ4v) is 2.10. The molecule has 2 N–H and O–H groups in total. The van der Waals surface area contributed by atoms with E-state index in [4.69, 9.17) is 9.15 Å².